The lowest BCUT2D eigenvalue weighted by atomic mass is 9.74. The highest BCUT2D eigenvalue weighted by Gasteiger charge is 2.69. The highest BCUT2D eigenvalue weighted by atomic mass is 16.7. The van der Waals surface area contributed by atoms with E-state index < -0.39 is 65.4 Å². The van der Waals surface area contributed by atoms with Crippen LogP contribution < -0.4 is 0 Å². The van der Waals surface area contributed by atoms with Crippen LogP contribution in [0.3, 0.4) is 0 Å². The van der Waals surface area contributed by atoms with Gasteiger partial charge in [0, 0.05) is 70.2 Å². The summed E-state index contributed by atoms with van der Waals surface area (Å²) in [5.41, 5.74) is -0.885. The van der Waals surface area contributed by atoms with E-state index in [2.05, 4.69) is 27.7 Å². The smallest absolute Gasteiger partial charge is 0.311 e. The van der Waals surface area contributed by atoms with Gasteiger partial charge in [0.25, 0.3) is 0 Å². The van der Waals surface area contributed by atoms with Gasteiger partial charge in [0.05, 0.1) is 73.2 Å². The van der Waals surface area contributed by atoms with Crippen molar-refractivity contribution in [3.8, 4) is 0 Å². The molecule has 1 spiro atoms. The summed E-state index contributed by atoms with van der Waals surface area (Å²) in [4.78, 5) is 12.5. The van der Waals surface area contributed by atoms with E-state index >= 15 is 0 Å². The van der Waals surface area contributed by atoms with Gasteiger partial charge in [0.1, 0.15) is 11.5 Å². The molecule has 0 saturated carbocycles. The van der Waals surface area contributed by atoms with Crippen LogP contribution in [0.2, 0.25) is 0 Å². The fraction of sp³-hybridized carbons (Fsp3) is 0.979. The monoisotopic (exact) mass is 885 g/mol. The first kappa shape index (κ1) is 48.9. The molecule has 0 amide bonds. The molecular weight excluding hydrogens is 805 g/mol. The van der Waals surface area contributed by atoms with Crippen molar-refractivity contribution < 1.29 is 72.2 Å². The second kappa shape index (κ2) is 18.6. The molecule has 62 heavy (non-hydrogen) atoms. The van der Waals surface area contributed by atoms with Crippen molar-refractivity contribution in [1.82, 2.24) is 0 Å². The lowest BCUT2D eigenvalue weighted by Crippen LogP contribution is -2.64. The second-order valence-corrected chi connectivity index (χ2v) is 20.8. The van der Waals surface area contributed by atoms with Gasteiger partial charge < -0.3 is 67.4 Å². The van der Waals surface area contributed by atoms with Crippen LogP contribution in [0.15, 0.2) is 0 Å². The fourth-order valence-corrected chi connectivity index (χ4v) is 12.8. The van der Waals surface area contributed by atoms with Gasteiger partial charge in [-0.1, -0.05) is 41.5 Å². The van der Waals surface area contributed by atoms with Gasteiger partial charge in [-0.2, -0.15) is 0 Å². The maximum atomic E-state index is 12.5. The van der Waals surface area contributed by atoms with Crippen LogP contribution in [0.25, 0.3) is 0 Å². The zero-order valence-corrected chi connectivity index (χ0v) is 39.7. The van der Waals surface area contributed by atoms with E-state index in [1.54, 1.807) is 35.2 Å². The minimum atomic E-state index is -2.03. The number of hydrogen-bond donors (Lipinski definition) is 3. The molecule has 0 radical (unpaired) electrons. The lowest BCUT2D eigenvalue weighted by molar-refractivity contribution is -0.372. The summed E-state index contributed by atoms with van der Waals surface area (Å²) in [6, 6.07) is 0. The molecule has 7 fully saturated rings. The molecule has 358 valence electrons. The molecule has 0 unspecified atom stereocenters. The normalized spacial score (nSPS) is 54.2. The summed E-state index contributed by atoms with van der Waals surface area (Å²) in [6.07, 6.45) is 2.43. The molecular formula is C47H80O15. The van der Waals surface area contributed by atoms with Crippen molar-refractivity contribution in [2.45, 2.75) is 230 Å². The van der Waals surface area contributed by atoms with Gasteiger partial charge in [-0.15, -0.1) is 0 Å². The molecule has 3 N–H and O–H groups in total. The molecule has 7 saturated heterocycles. The fourth-order valence-electron chi connectivity index (χ4n) is 12.8. The number of aliphatic carboxylic acids is 1. The number of carbonyl (C=O) groups is 1. The number of aliphatic hydroxyl groups is 2. The molecule has 15 heteroatoms. The van der Waals surface area contributed by atoms with E-state index in [9.17, 15) is 20.1 Å². The van der Waals surface area contributed by atoms with Gasteiger partial charge in [-0.3, -0.25) is 4.79 Å². The highest BCUT2D eigenvalue weighted by Crippen LogP contribution is 2.57. The number of hydrogen-bond acceptors (Lipinski definition) is 14. The molecule has 0 aromatic heterocycles. The summed E-state index contributed by atoms with van der Waals surface area (Å²) >= 11 is 0. The first-order valence-electron chi connectivity index (χ1n) is 23.7. The molecule has 7 aliphatic heterocycles. The number of ether oxygens (including phenoxy) is 11. The van der Waals surface area contributed by atoms with Crippen molar-refractivity contribution >= 4 is 5.97 Å². The van der Waals surface area contributed by atoms with Crippen LogP contribution in [0.4, 0.5) is 0 Å². The number of carboxylic acids is 1. The third kappa shape index (κ3) is 8.69. The van der Waals surface area contributed by atoms with Crippen molar-refractivity contribution in [2.75, 3.05) is 21.3 Å². The number of rotatable bonds is 12. The van der Waals surface area contributed by atoms with Gasteiger partial charge in [-0.25, -0.2) is 0 Å². The Labute approximate surface area is 369 Å². The van der Waals surface area contributed by atoms with Crippen LogP contribution in [0.1, 0.15) is 127 Å². The van der Waals surface area contributed by atoms with Crippen molar-refractivity contribution in [3.05, 3.63) is 0 Å². The number of methoxy groups -OCH3 is 3. The van der Waals surface area contributed by atoms with Crippen LogP contribution in [-0.2, 0) is 56.9 Å². The Morgan fingerprint density at radius 2 is 1.40 bits per heavy atom. The Morgan fingerprint density at radius 3 is 2.05 bits per heavy atom. The maximum absolute atomic E-state index is 12.5. The van der Waals surface area contributed by atoms with Gasteiger partial charge in [0.2, 0.25) is 0 Å². The Hall–Kier alpha value is -1.05. The lowest BCUT2D eigenvalue weighted by Gasteiger charge is -2.54. The number of carboxylic acid groups (broad SMARTS) is 1. The third-order valence-corrected chi connectivity index (χ3v) is 17.0. The van der Waals surface area contributed by atoms with E-state index in [4.69, 9.17) is 52.1 Å². The van der Waals surface area contributed by atoms with Gasteiger partial charge >= 0.3 is 5.97 Å². The van der Waals surface area contributed by atoms with Crippen LogP contribution >= 0.6 is 0 Å². The molecule has 7 heterocycles. The van der Waals surface area contributed by atoms with Crippen LogP contribution in [0.5, 0.6) is 0 Å². The molecule has 0 bridgehead atoms. The Kier molecular flexibility index (Phi) is 14.6. The van der Waals surface area contributed by atoms with Crippen LogP contribution in [-0.4, -0.2) is 145 Å². The first-order valence-corrected chi connectivity index (χ1v) is 23.7. The molecule has 15 nitrogen and oxygen atoms in total. The predicted octanol–water partition coefficient (Wildman–Crippen LogP) is 5.82. The largest absolute Gasteiger partial charge is 0.481 e. The highest BCUT2D eigenvalue weighted by molar-refractivity contribution is 5.70. The average Bonchev–Trinajstić information content (AvgIpc) is 3.96. The Bertz CT molecular complexity index is 1530. The molecule has 0 aromatic carbocycles. The zero-order valence-electron chi connectivity index (χ0n) is 39.7. The minimum absolute atomic E-state index is 0.0467. The van der Waals surface area contributed by atoms with Crippen molar-refractivity contribution in [3.63, 3.8) is 0 Å². The minimum Gasteiger partial charge on any atom is -0.481 e. The van der Waals surface area contributed by atoms with Crippen molar-refractivity contribution in [1.29, 1.82) is 0 Å². The zero-order chi connectivity index (χ0) is 45.3. The standard InChI is InChI=1S/C47H80O15/c1-23-20-24(2)45(10,50)61-40(23)35-15-14-33(56-35)34-16-18-38(57-34)44(9)42(54-13)28(6)47(62-44)26(4)37(53-12)22-31(59-47)21-36-25(3)41(27(5)46(51,60-36)29(7)43(48)49)58-39-19-17-32(52-11)30(8)55-39/h23-42,50-51H,14-22H2,1-13H3,(H,48,49)/t23-,24+,25+,26+,27-,28+,29+,30+,31+,32-,33+,34-,35+,36-,37+,38+,39-,40-,41+,42+,44+,45-,46-,47-/m0/s1. The summed E-state index contributed by atoms with van der Waals surface area (Å²) in [7, 11) is 5.10. The topological polar surface area (TPSA) is 179 Å². The van der Waals surface area contributed by atoms with Gasteiger partial charge in [-0.05, 0) is 72.1 Å². The summed E-state index contributed by atoms with van der Waals surface area (Å²) in [5.74, 6) is -7.83. The van der Waals surface area contributed by atoms with Gasteiger partial charge in [0.15, 0.2) is 23.7 Å². The van der Waals surface area contributed by atoms with E-state index in [1.807, 2.05) is 20.8 Å². The van der Waals surface area contributed by atoms with E-state index in [1.165, 1.54) is 6.92 Å². The average molecular weight is 885 g/mol. The Balaban J connectivity index is 1.08. The summed E-state index contributed by atoms with van der Waals surface area (Å²) in [5, 5.41) is 33.4. The van der Waals surface area contributed by atoms with E-state index in [0.717, 1.165) is 38.5 Å². The molecule has 7 aliphatic rings. The SMILES string of the molecule is CO[C@H]1CC[C@H](O[C@@H]2[C@H](C)[C@H](C[C@@H]3C[C@@H](OC)[C@@H](C)[C@]4(O3)O[C@](C)([C@H]3CC[C@@H]([C@H]5CC[C@H]([C@H]6O[C@](C)(O)[C@H](C)C[C@@H]6C)O5)O3)[C@H](OC)[C@H]4C)O[C@](O)([C@H](C)C(=O)O)[C@H]2C)O[C@@H]1C. The molecule has 24 atom stereocenters. The summed E-state index contributed by atoms with van der Waals surface area (Å²) < 4.78 is 72.1. The first-order chi connectivity index (χ1) is 29.1. The van der Waals surface area contributed by atoms with Crippen molar-refractivity contribution in [2.24, 2.45) is 41.4 Å². The quantitative estimate of drug-likeness (QED) is 0.213. The Morgan fingerprint density at radius 1 is 0.742 bits per heavy atom. The second-order valence-electron chi connectivity index (χ2n) is 20.8. The summed E-state index contributed by atoms with van der Waals surface area (Å²) in [6.45, 7) is 19.5. The third-order valence-electron chi connectivity index (χ3n) is 17.0. The van der Waals surface area contributed by atoms with E-state index in [-0.39, 0.29) is 84.5 Å². The molecule has 0 aromatic rings. The molecule has 7 rings (SSSR count). The predicted molar refractivity (Wildman–Crippen MR) is 225 cm³/mol. The maximum Gasteiger partial charge on any atom is 0.311 e. The van der Waals surface area contributed by atoms with Crippen LogP contribution in [0, 0.1) is 41.4 Å². The molecule has 0 aliphatic carbocycles. The van der Waals surface area contributed by atoms with E-state index in [0.29, 0.717) is 19.3 Å².